The van der Waals surface area contributed by atoms with Gasteiger partial charge in [-0.3, -0.25) is 0 Å². The van der Waals surface area contributed by atoms with Crippen LogP contribution in [0.3, 0.4) is 0 Å². The fourth-order valence-electron chi connectivity index (χ4n) is 2.37. The van der Waals surface area contributed by atoms with E-state index in [4.69, 9.17) is 22.5 Å². The van der Waals surface area contributed by atoms with Gasteiger partial charge in [0.2, 0.25) is 0 Å². The number of anilines is 1. The van der Waals surface area contributed by atoms with E-state index >= 15 is 0 Å². The van der Waals surface area contributed by atoms with Crippen molar-refractivity contribution in [1.29, 1.82) is 0 Å². The van der Waals surface area contributed by atoms with E-state index in [1.165, 1.54) is 16.8 Å². The molecule has 118 valence electrons. The van der Waals surface area contributed by atoms with Crippen LogP contribution in [0.1, 0.15) is 31.9 Å². The van der Waals surface area contributed by atoms with Gasteiger partial charge in [-0.1, -0.05) is 79.7 Å². The molecular formula is C18H22Cl2NP. The maximum Gasteiger partial charge on any atom is 0.117 e. The average molecular weight is 354 g/mol. The molecule has 22 heavy (non-hydrogen) atoms. The van der Waals surface area contributed by atoms with Crippen molar-refractivity contribution in [2.75, 3.05) is 11.9 Å². The van der Waals surface area contributed by atoms with E-state index in [-0.39, 0.29) is 5.41 Å². The van der Waals surface area contributed by atoms with Gasteiger partial charge in [-0.25, -0.2) is 0 Å². The first-order chi connectivity index (χ1) is 10.3. The largest absolute Gasteiger partial charge is 0.370 e. The van der Waals surface area contributed by atoms with Crippen LogP contribution in [0.15, 0.2) is 48.5 Å². The highest BCUT2D eigenvalue weighted by Gasteiger charge is 2.18. The van der Waals surface area contributed by atoms with E-state index in [1.807, 2.05) is 18.2 Å². The van der Waals surface area contributed by atoms with Gasteiger partial charge < -0.3 is 4.90 Å². The Hall–Kier alpha value is -0.750. The van der Waals surface area contributed by atoms with Crippen molar-refractivity contribution < 1.29 is 0 Å². The third kappa shape index (κ3) is 4.38. The van der Waals surface area contributed by atoms with Gasteiger partial charge >= 0.3 is 0 Å². The first kappa shape index (κ1) is 17.6. The molecule has 0 fully saturated rings. The van der Waals surface area contributed by atoms with E-state index in [9.17, 15) is 0 Å². The van der Waals surface area contributed by atoms with Gasteiger partial charge in [0.05, 0.1) is 0 Å². The number of halogens is 2. The summed E-state index contributed by atoms with van der Waals surface area (Å²) in [6.45, 7) is 6.30. The number of hydrogen-bond acceptors (Lipinski definition) is 1. The number of benzene rings is 2. The number of hydrogen-bond donors (Lipinski definition) is 0. The molecule has 2 aromatic carbocycles. The Morgan fingerprint density at radius 2 is 1.64 bits per heavy atom. The highest BCUT2D eigenvalue weighted by atomic mass is 35.9. The van der Waals surface area contributed by atoms with Gasteiger partial charge in [0, 0.05) is 24.6 Å². The van der Waals surface area contributed by atoms with E-state index in [0.29, 0.717) is 0 Å². The monoisotopic (exact) mass is 353 g/mol. The number of para-hydroxylation sites is 1. The predicted octanol–water partition coefficient (Wildman–Crippen LogP) is 6.04. The normalized spacial score (nSPS) is 11.8. The highest BCUT2D eigenvalue weighted by molar-refractivity contribution is 8.08. The summed E-state index contributed by atoms with van der Waals surface area (Å²) >= 11 is 12.4. The third-order valence-electron chi connectivity index (χ3n) is 3.73. The molecule has 0 aromatic heterocycles. The number of rotatable bonds is 4. The molecule has 0 radical (unpaired) electrons. The Kier molecular flexibility index (Phi) is 5.77. The van der Waals surface area contributed by atoms with Gasteiger partial charge in [0.15, 0.2) is 0 Å². The van der Waals surface area contributed by atoms with Crippen LogP contribution < -0.4 is 10.2 Å². The lowest BCUT2D eigenvalue weighted by atomic mass is 9.86. The van der Waals surface area contributed by atoms with Gasteiger partial charge in [-0.05, 0) is 28.7 Å². The summed E-state index contributed by atoms with van der Waals surface area (Å²) in [5.41, 5.74) is 3.80. The Labute approximate surface area is 144 Å². The molecule has 0 N–H and O–H groups in total. The molecule has 1 nitrogen and oxygen atoms in total. The molecule has 0 unspecified atom stereocenters. The SMILES string of the molecule is CN(Cc1cc(C(C)(C)C)ccc1P(Cl)Cl)c1ccccc1. The zero-order valence-electron chi connectivity index (χ0n) is 13.5. The molecule has 0 aliphatic rings. The maximum atomic E-state index is 6.22. The Balaban J connectivity index is 2.35. The zero-order valence-corrected chi connectivity index (χ0v) is 15.9. The van der Waals surface area contributed by atoms with Crippen molar-refractivity contribution in [2.24, 2.45) is 0 Å². The molecule has 0 amide bonds. The molecule has 0 bridgehead atoms. The van der Waals surface area contributed by atoms with Crippen LogP contribution >= 0.6 is 29.1 Å². The van der Waals surface area contributed by atoms with Crippen LogP contribution in [0.4, 0.5) is 5.69 Å². The molecule has 2 rings (SSSR count). The quantitative estimate of drug-likeness (QED) is 0.606. The van der Waals surface area contributed by atoms with Gasteiger partial charge in [-0.15, -0.1) is 0 Å². The lowest BCUT2D eigenvalue weighted by molar-refractivity contribution is 0.589. The summed E-state index contributed by atoms with van der Waals surface area (Å²) in [7, 11) is 2.09. The van der Waals surface area contributed by atoms with Crippen molar-refractivity contribution in [3.63, 3.8) is 0 Å². The summed E-state index contributed by atoms with van der Waals surface area (Å²) in [6.07, 6.45) is 0. The first-order valence-electron chi connectivity index (χ1n) is 7.30. The topological polar surface area (TPSA) is 3.24 Å². The Bertz CT molecular complexity index is 621. The van der Waals surface area contributed by atoms with Crippen LogP contribution in [0.2, 0.25) is 0 Å². The second kappa shape index (κ2) is 7.21. The van der Waals surface area contributed by atoms with E-state index in [2.05, 4.69) is 63.1 Å². The fraction of sp³-hybridized carbons (Fsp3) is 0.333. The zero-order chi connectivity index (χ0) is 16.3. The van der Waals surface area contributed by atoms with Gasteiger partial charge in [0.25, 0.3) is 0 Å². The highest BCUT2D eigenvalue weighted by Crippen LogP contribution is 2.46. The predicted molar refractivity (Wildman–Crippen MR) is 102 cm³/mol. The van der Waals surface area contributed by atoms with Crippen LogP contribution in [-0.4, -0.2) is 7.05 Å². The van der Waals surface area contributed by atoms with Crippen molar-refractivity contribution in [3.8, 4) is 0 Å². The van der Waals surface area contributed by atoms with Crippen molar-refractivity contribution in [2.45, 2.75) is 32.7 Å². The molecular weight excluding hydrogens is 332 g/mol. The maximum absolute atomic E-state index is 6.22. The molecule has 4 heteroatoms. The molecule has 0 saturated heterocycles. The molecule has 0 aliphatic carbocycles. The van der Waals surface area contributed by atoms with Gasteiger partial charge in [-0.2, -0.15) is 0 Å². The Morgan fingerprint density at radius 3 is 2.18 bits per heavy atom. The minimum Gasteiger partial charge on any atom is -0.370 e. The minimum absolute atomic E-state index is 0.111. The summed E-state index contributed by atoms with van der Waals surface area (Å²) in [5, 5.41) is 1.05. The molecule has 2 aromatic rings. The van der Waals surface area contributed by atoms with Crippen LogP contribution in [0, 0.1) is 0 Å². The second-order valence-electron chi connectivity index (χ2n) is 6.52. The molecule has 0 saturated carbocycles. The van der Waals surface area contributed by atoms with Crippen molar-refractivity contribution >= 4 is 40.1 Å². The first-order valence-corrected chi connectivity index (χ1v) is 10.5. The fourth-order valence-corrected chi connectivity index (χ4v) is 3.90. The van der Waals surface area contributed by atoms with Crippen molar-refractivity contribution in [1.82, 2.24) is 0 Å². The van der Waals surface area contributed by atoms with Crippen LogP contribution in [0.25, 0.3) is 0 Å². The smallest absolute Gasteiger partial charge is 0.117 e. The summed E-state index contributed by atoms with van der Waals surface area (Å²) in [5.74, 6) is 0. The second-order valence-corrected chi connectivity index (χ2v) is 10.0. The van der Waals surface area contributed by atoms with E-state index < -0.39 is 6.63 Å². The van der Waals surface area contributed by atoms with E-state index in [0.717, 1.165) is 11.8 Å². The summed E-state index contributed by atoms with van der Waals surface area (Å²) in [6, 6.07) is 16.8. The molecule has 0 spiro atoms. The summed E-state index contributed by atoms with van der Waals surface area (Å²) in [4.78, 5) is 2.22. The molecule has 0 atom stereocenters. The lowest BCUT2D eigenvalue weighted by Gasteiger charge is -2.25. The molecule has 0 aliphatic heterocycles. The lowest BCUT2D eigenvalue weighted by Crippen LogP contribution is -2.22. The summed E-state index contributed by atoms with van der Waals surface area (Å²) < 4.78 is 0. The van der Waals surface area contributed by atoms with Crippen LogP contribution in [-0.2, 0) is 12.0 Å². The van der Waals surface area contributed by atoms with Crippen LogP contribution in [0.5, 0.6) is 0 Å². The minimum atomic E-state index is -1.15. The third-order valence-corrected chi connectivity index (χ3v) is 5.63. The molecule has 0 heterocycles. The number of nitrogens with zero attached hydrogens (tertiary/aromatic N) is 1. The van der Waals surface area contributed by atoms with E-state index in [1.54, 1.807) is 0 Å². The average Bonchev–Trinajstić information content (AvgIpc) is 2.47. The standard InChI is InChI=1S/C18H22Cl2NP/c1-18(2,3)15-10-11-17(22(19)20)14(12-15)13-21(4)16-8-6-5-7-9-16/h5-12H,13H2,1-4H3. The van der Waals surface area contributed by atoms with Gasteiger partial charge in [0.1, 0.15) is 6.63 Å². The Morgan fingerprint density at radius 1 is 1.00 bits per heavy atom. The van der Waals surface area contributed by atoms with Crippen molar-refractivity contribution in [3.05, 3.63) is 59.7 Å².